The summed E-state index contributed by atoms with van der Waals surface area (Å²) in [6.45, 7) is 3.46. The number of rotatable bonds is 8. The van der Waals surface area contributed by atoms with Crippen LogP contribution in [0.1, 0.15) is 12.0 Å². The Hall–Kier alpha value is -2.35. The van der Waals surface area contributed by atoms with E-state index in [2.05, 4.69) is 11.1 Å². The molecule has 0 radical (unpaired) electrons. The summed E-state index contributed by atoms with van der Waals surface area (Å²) in [5, 5.41) is 1.45. The molecule has 0 aliphatic carbocycles. The van der Waals surface area contributed by atoms with Crippen LogP contribution in [-0.2, 0) is 11.3 Å². The SMILES string of the molecule is Cc1cccc2sc(N(CCCn3ccnc3)C(=O)CSc3ccc(Cl)cc3)nc12. The summed E-state index contributed by atoms with van der Waals surface area (Å²) in [7, 11) is 0. The van der Waals surface area contributed by atoms with Gasteiger partial charge >= 0.3 is 0 Å². The standard InChI is InChI=1S/C22H21ClN4OS2/c1-16-4-2-5-19-21(16)25-22(30-19)27(12-3-11-26-13-10-24-15-26)20(28)14-29-18-8-6-17(23)7-9-18/h2,4-10,13,15H,3,11-12,14H2,1H3. The van der Waals surface area contributed by atoms with Gasteiger partial charge in [0.15, 0.2) is 5.13 Å². The Kier molecular flexibility index (Phi) is 6.72. The molecule has 154 valence electrons. The van der Waals surface area contributed by atoms with E-state index in [4.69, 9.17) is 16.6 Å². The third-order valence-electron chi connectivity index (χ3n) is 4.67. The quantitative estimate of drug-likeness (QED) is 0.320. The minimum atomic E-state index is 0.0530. The van der Waals surface area contributed by atoms with E-state index in [1.807, 2.05) is 59.0 Å². The van der Waals surface area contributed by atoms with Crippen molar-refractivity contribution in [3.05, 3.63) is 71.8 Å². The highest BCUT2D eigenvalue weighted by atomic mass is 35.5. The highest BCUT2D eigenvalue weighted by Crippen LogP contribution is 2.31. The Labute approximate surface area is 188 Å². The number of hydrogen-bond acceptors (Lipinski definition) is 5. The first-order valence-electron chi connectivity index (χ1n) is 9.61. The molecule has 0 aliphatic heterocycles. The van der Waals surface area contributed by atoms with E-state index in [9.17, 15) is 4.79 Å². The highest BCUT2D eigenvalue weighted by Gasteiger charge is 2.20. The molecule has 0 N–H and O–H groups in total. The second-order valence-electron chi connectivity index (χ2n) is 6.86. The van der Waals surface area contributed by atoms with Crippen LogP contribution in [0.25, 0.3) is 10.2 Å². The number of hydrogen-bond donors (Lipinski definition) is 0. The number of fused-ring (bicyclic) bond motifs is 1. The third kappa shape index (κ3) is 5.03. The van der Waals surface area contributed by atoms with Crippen LogP contribution < -0.4 is 4.90 Å². The molecule has 4 rings (SSSR count). The molecule has 0 saturated heterocycles. The lowest BCUT2D eigenvalue weighted by molar-refractivity contribution is -0.116. The van der Waals surface area contributed by atoms with Crippen molar-refractivity contribution >= 4 is 56.0 Å². The normalized spacial score (nSPS) is 11.1. The molecule has 2 aromatic carbocycles. The minimum Gasteiger partial charge on any atom is -0.337 e. The fourth-order valence-electron chi connectivity index (χ4n) is 3.10. The van der Waals surface area contributed by atoms with Crippen molar-refractivity contribution in [2.75, 3.05) is 17.2 Å². The zero-order valence-corrected chi connectivity index (χ0v) is 18.9. The first-order chi connectivity index (χ1) is 14.6. The van der Waals surface area contributed by atoms with Gasteiger partial charge in [0.1, 0.15) is 0 Å². The van der Waals surface area contributed by atoms with Gasteiger partial charge in [0.2, 0.25) is 5.91 Å². The monoisotopic (exact) mass is 456 g/mol. The molecule has 30 heavy (non-hydrogen) atoms. The van der Waals surface area contributed by atoms with Gasteiger partial charge in [0.25, 0.3) is 0 Å². The van der Waals surface area contributed by atoms with Crippen molar-refractivity contribution < 1.29 is 4.79 Å². The minimum absolute atomic E-state index is 0.0530. The number of aromatic nitrogens is 3. The van der Waals surface area contributed by atoms with E-state index in [0.29, 0.717) is 17.3 Å². The molecular formula is C22H21ClN4OS2. The van der Waals surface area contributed by atoms with Crippen LogP contribution in [0.5, 0.6) is 0 Å². The van der Waals surface area contributed by atoms with Gasteiger partial charge < -0.3 is 4.57 Å². The predicted octanol–water partition coefficient (Wildman–Crippen LogP) is 5.67. The lowest BCUT2D eigenvalue weighted by atomic mass is 10.2. The fourth-order valence-corrected chi connectivity index (χ4v) is 5.09. The summed E-state index contributed by atoms with van der Waals surface area (Å²) < 4.78 is 3.12. The summed E-state index contributed by atoms with van der Waals surface area (Å²) in [4.78, 5) is 24.9. The largest absolute Gasteiger partial charge is 0.337 e. The van der Waals surface area contributed by atoms with Crippen LogP contribution in [0.4, 0.5) is 5.13 Å². The number of imidazole rings is 1. The van der Waals surface area contributed by atoms with Crippen LogP contribution in [0.3, 0.4) is 0 Å². The second-order valence-corrected chi connectivity index (χ2v) is 9.35. The molecule has 8 heteroatoms. The van der Waals surface area contributed by atoms with Gasteiger partial charge in [-0.2, -0.15) is 0 Å². The van der Waals surface area contributed by atoms with Gasteiger partial charge in [0.05, 0.1) is 22.3 Å². The molecular weight excluding hydrogens is 436 g/mol. The predicted molar refractivity (Wildman–Crippen MR) is 126 cm³/mol. The number of thioether (sulfide) groups is 1. The Morgan fingerprint density at radius 2 is 2.07 bits per heavy atom. The molecule has 2 heterocycles. The highest BCUT2D eigenvalue weighted by molar-refractivity contribution is 8.00. The zero-order valence-electron chi connectivity index (χ0n) is 16.5. The van der Waals surface area contributed by atoms with E-state index in [1.54, 1.807) is 23.9 Å². The molecule has 0 atom stereocenters. The number of nitrogens with zero attached hydrogens (tertiary/aromatic N) is 4. The molecule has 0 bridgehead atoms. The second kappa shape index (κ2) is 9.64. The van der Waals surface area contributed by atoms with Crippen molar-refractivity contribution in [3.63, 3.8) is 0 Å². The molecule has 5 nitrogen and oxygen atoms in total. The number of halogens is 1. The maximum atomic E-state index is 13.2. The first kappa shape index (κ1) is 20.9. The average molecular weight is 457 g/mol. The van der Waals surface area contributed by atoms with Crippen LogP contribution >= 0.6 is 34.7 Å². The van der Waals surface area contributed by atoms with Gasteiger partial charge in [-0.05, 0) is 49.2 Å². The number of amides is 1. The van der Waals surface area contributed by atoms with Gasteiger partial charge in [-0.3, -0.25) is 9.69 Å². The lowest BCUT2D eigenvalue weighted by Crippen LogP contribution is -2.33. The first-order valence-corrected chi connectivity index (χ1v) is 11.8. The van der Waals surface area contributed by atoms with E-state index in [-0.39, 0.29) is 5.91 Å². The molecule has 0 unspecified atom stereocenters. The Morgan fingerprint density at radius 3 is 2.80 bits per heavy atom. The molecule has 4 aromatic rings. The number of para-hydroxylation sites is 1. The van der Waals surface area contributed by atoms with E-state index >= 15 is 0 Å². The summed E-state index contributed by atoms with van der Waals surface area (Å²) >= 11 is 9.04. The zero-order chi connectivity index (χ0) is 20.9. The van der Waals surface area contributed by atoms with Crippen LogP contribution in [-0.4, -0.2) is 32.7 Å². The van der Waals surface area contributed by atoms with E-state index < -0.39 is 0 Å². The van der Waals surface area contributed by atoms with Crippen molar-refractivity contribution in [3.8, 4) is 0 Å². The van der Waals surface area contributed by atoms with Crippen LogP contribution in [0.2, 0.25) is 5.02 Å². The fraction of sp³-hybridized carbons (Fsp3) is 0.227. The summed E-state index contributed by atoms with van der Waals surface area (Å²) in [5.41, 5.74) is 2.09. The summed E-state index contributed by atoms with van der Waals surface area (Å²) in [5.74, 6) is 0.402. The Bertz CT molecular complexity index is 1130. The molecule has 0 fully saturated rings. The van der Waals surface area contributed by atoms with Crippen LogP contribution in [0.15, 0.2) is 66.1 Å². The maximum absolute atomic E-state index is 13.2. The van der Waals surface area contributed by atoms with Crippen molar-refractivity contribution in [2.45, 2.75) is 24.8 Å². The van der Waals surface area contributed by atoms with Gasteiger partial charge in [-0.1, -0.05) is 35.1 Å². The Morgan fingerprint density at radius 1 is 1.23 bits per heavy atom. The average Bonchev–Trinajstić information content (AvgIpc) is 3.41. The number of thiazole rings is 1. The number of benzene rings is 2. The van der Waals surface area contributed by atoms with E-state index in [1.165, 1.54) is 11.8 Å². The van der Waals surface area contributed by atoms with Crippen molar-refractivity contribution in [1.29, 1.82) is 0 Å². The number of carbonyl (C=O) groups excluding carboxylic acids is 1. The van der Waals surface area contributed by atoms with Gasteiger partial charge in [0, 0.05) is 35.4 Å². The topological polar surface area (TPSA) is 51.0 Å². The summed E-state index contributed by atoms with van der Waals surface area (Å²) in [6.07, 6.45) is 6.32. The van der Waals surface area contributed by atoms with Crippen molar-refractivity contribution in [2.24, 2.45) is 0 Å². The van der Waals surface area contributed by atoms with Gasteiger partial charge in [-0.15, -0.1) is 11.8 Å². The summed E-state index contributed by atoms with van der Waals surface area (Å²) in [6, 6.07) is 13.7. The number of anilines is 1. The smallest absolute Gasteiger partial charge is 0.239 e. The molecule has 0 saturated carbocycles. The van der Waals surface area contributed by atoms with Crippen molar-refractivity contribution in [1.82, 2.24) is 14.5 Å². The molecule has 2 aromatic heterocycles. The van der Waals surface area contributed by atoms with Crippen LogP contribution in [0, 0.1) is 6.92 Å². The molecule has 0 spiro atoms. The number of carbonyl (C=O) groups is 1. The molecule has 0 aliphatic rings. The maximum Gasteiger partial charge on any atom is 0.239 e. The Balaban J connectivity index is 1.51. The number of aryl methyl sites for hydroxylation is 2. The van der Waals surface area contributed by atoms with Gasteiger partial charge in [-0.25, -0.2) is 9.97 Å². The lowest BCUT2D eigenvalue weighted by Gasteiger charge is -2.20. The molecule has 1 amide bonds. The van der Waals surface area contributed by atoms with E-state index in [0.717, 1.165) is 38.8 Å². The third-order valence-corrected chi connectivity index (χ3v) is 6.97.